The molecule has 0 saturated heterocycles. The van der Waals surface area contributed by atoms with Crippen molar-refractivity contribution >= 4 is 11.7 Å². The first-order valence-electron chi connectivity index (χ1n) is 8.71. The fraction of sp³-hybridized carbons (Fsp3) is 0.143. The molecule has 1 N–H and O–H groups in total. The molecule has 1 aromatic heterocycles. The molecule has 0 atom stereocenters. The van der Waals surface area contributed by atoms with Crippen molar-refractivity contribution in [1.82, 2.24) is 10.3 Å². The zero-order valence-corrected chi connectivity index (χ0v) is 14.6. The number of nitrogens with zero attached hydrogens (tertiary/aromatic N) is 2. The lowest BCUT2D eigenvalue weighted by Crippen LogP contribution is -2.38. The Labute approximate surface area is 156 Å². The average molecular weight is 363 g/mol. The number of carbonyl (C=O) groups excluding carboxylic acids is 1. The van der Waals surface area contributed by atoms with Gasteiger partial charge < -0.3 is 10.1 Å². The lowest BCUT2D eigenvalue weighted by Gasteiger charge is -2.18. The van der Waals surface area contributed by atoms with Gasteiger partial charge in [0.15, 0.2) is 0 Å². The minimum Gasteiger partial charge on any atom is -0.439 e. The van der Waals surface area contributed by atoms with Gasteiger partial charge in [0.25, 0.3) is 0 Å². The van der Waals surface area contributed by atoms with Crippen molar-refractivity contribution in [3.63, 3.8) is 0 Å². The maximum atomic E-state index is 12.9. The smallest absolute Gasteiger partial charge is 0.322 e. The molecule has 27 heavy (non-hydrogen) atoms. The monoisotopic (exact) mass is 363 g/mol. The maximum Gasteiger partial charge on any atom is 0.322 e. The number of hydrogen-bond donors (Lipinski definition) is 1. The SMILES string of the molecule is O=C(NCc1ccc(Oc2ccc(F)cc2)nc1)N1CCc2ccccc21. The van der Waals surface area contributed by atoms with Crippen LogP contribution in [-0.2, 0) is 13.0 Å². The molecule has 2 heterocycles. The highest BCUT2D eigenvalue weighted by molar-refractivity contribution is 5.94. The quantitative estimate of drug-likeness (QED) is 0.752. The van der Waals surface area contributed by atoms with Gasteiger partial charge in [-0.2, -0.15) is 0 Å². The van der Waals surface area contributed by atoms with Gasteiger partial charge >= 0.3 is 6.03 Å². The number of aromatic nitrogens is 1. The van der Waals surface area contributed by atoms with Gasteiger partial charge in [-0.15, -0.1) is 0 Å². The van der Waals surface area contributed by atoms with E-state index in [0.717, 1.165) is 17.7 Å². The van der Waals surface area contributed by atoms with E-state index in [0.29, 0.717) is 24.7 Å². The summed E-state index contributed by atoms with van der Waals surface area (Å²) in [6.45, 7) is 1.06. The van der Waals surface area contributed by atoms with Gasteiger partial charge in [-0.3, -0.25) is 4.90 Å². The van der Waals surface area contributed by atoms with Crippen LogP contribution in [0.5, 0.6) is 11.6 Å². The molecule has 0 saturated carbocycles. The first-order valence-corrected chi connectivity index (χ1v) is 8.71. The zero-order chi connectivity index (χ0) is 18.6. The molecule has 0 aliphatic carbocycles. The van der Waals surface area contributed by atoms with E-state index in [-0.39, 0.29) is 11.8 Å². The number of rotatable bonds is 4. The number of hydrogen-bond acceptors (Lipinski definition) is 3. The number of halogens is 1. The lowest BCUT2D eigenvalue weighted by atomic mass is 10.2. The highest BCUT2D eigenvalue weighted by atomic mass is 19.1. The highest BCUT2D eigenvalue weighted by Crippen LogP contribution is 2.27. The predicted molar refractivity (Wildman–Crippen MR) is 100 cm³/mol. The summed E-state index contributed by atoms with van der Waals surface area (Å²) in [7, 11) is 0. The Hall–Kier alpha value is -3.41. The zero-order valence-electron chi connectivity index (χ0n) is 14.6. The van der Waals surface area contributed by atoms with Gasteiger partial charge in [0.2, 0.25) is 5.88 Å². The number of nitrogens with one attached hydrogen (secondary N) is 1. The molecule has 1 aliphatic heterocycles. The van der Waals surface area contributed by atoms with E-state index >= 15 is 0 Å². The second-order valence-corrected chi connectivity index (χ2v) is 6.25. The summed E-state index contributed by atoms with van der Waals surface area (Å²) in [5.74, 6) is 0.602. The first kappa shape index (κ1) is 17.0. The van der Waals surface area contributed by atoms with Gasteiger partial charge in [-0.05, 0) is 47.9 Å². The molecule has 0 fully saturated rings. The standard InChI is InChI=1S/C21H18FN3O2/c22-17-6-8-18(9-7-17)27-20-10-5-15(13-23-20)14-24-21(26)25-12-11-16-3-1-2-4-19(16)25/h1-10,13H,11-12,14H2,(H,24,26). The second kappa shape index (κ2) is 7.45. The van der Waals surface area contributed by atoms with Crippen molar-refractivity contribution in [3.05, 3.63) is 83.8 Å². The Bertz CT molecular complexity index is 942. The summed E-state index contributed by atoms with van der Waals surface area (Å²) in [6.07, 6.45) is 2.53. The van der Waals surface area contributed by atoms with Crippen molar-refractivity contribution in [3.8, 4) is 11.6 Å². The summed E-state index contributed by atoms with van der Waals surface area (Å²) in [6, 6.07) is 17.1. The normalized spacial score (nSPS) is 12.6. The van der Waals surface area contributed by atoms with Crippen LogP contribution in [0.4, 0.5) is 14.9 Å². The number of pyridine rings is 1. The van der Waals surface area contributed by atoms with Gasteiger partial charge in [0.05, 0.1) is 0 Å². The van der Waals surface area contributed by atoms with E-state index in [1.165, 1.54) is 17.7 Å². The van der Waals surface area contributed by atoms with Crippen LogP contribution in [0, 0.1) is 5.82 Å². The molecule has 2 aromatic carbocycles. The van der Waals surface area contributed by atoms with Crippen LogP contribution < -0.4 is 15.0 Å². The Morgan fingerprint density at radius 2 is 1.93 bits per heavy atom. The predicted octanol–water partition coefficient (Wildman–Crippen LogP) is 4.29. The average Bonchev–Trinajstić information content (AvgIpc) is 3.13. The molecule has 0 spiro atoms. The number of carbonyl (C=O) groups is 1. The van der Waals surface area contributed by atoms with Crippen molar-refractivity contribution < 1.29 is 13.9 Å². The molecule has 3 aromatic rings. The molecular weight excluding hydrogens is 345 g/mol. The van der Waals surface area contributed by atoms with Crippen LogP contribution in [0.2, 0.25) is 0 Å². The third-order valence-electron chi connectivity index (χ3n) is 4.41. The van der Waals surface area contributed by atoms with Crippen molar-refractivity contribution in [2.45, 2.75) is 13.0 Å². The van der Waals surface area contributed by atoms with E-state index in [4.69, 9.17) is 4.74 Å². The Morgan fingerprint density at radius 3 is 2.70 bits per heavy atom. The Morgan fingerprint density at radius 1 is 1.11 bits per heavy atom. The summed E-state index contributed by atoms with van der Waals surface area (Å²) < 4.78 is 18.5. The molecule has 2 amide bonds. The summed E-state index contributed by atoms with van der Waals surface area (Å²) in [5, 5.41) is 2.92. The third kappa shape index (κ3) is 3.89. The van der Waals surface area contributed by atoms with Gasteiger partial charge in [0, 0.05) is 31.0 Å². The molecule has 1 aliphatic rings. The number of para-hydroxylation sites is 1. The molecule has 0 bridgehead atoms. The van der Waals surface area contributed by atoms with E-state index < -0.39 is 0 Å². The van der Waals surface area contributed by atoms with Crippen LogP contribution in [0.1, 0.15) is 11.1 Å². The fourth-order valence-corrected chi connectivity index (χ4v) is 3.02. The van der Waals surface area contributed by atoms with Crippen LogP contribution >= 0.6 is 0 Å². The minimum absolute atomic E-state index is 0.119. The van der Waals surface area contributed by atoms with E-state index in [1.54, 1.807) is 29.3 Å². The van der Waals surface area contributed by atoms with Crippen molar-refractivity contribution in [2.75, 3.05) is 11.4 Å². The minimum atomic E-state index is -0.318. The van der Waals surface area contributed by atoms with E-state index in [9.17, 15) is 9.18 Å². The first-order chi connectivity index (χ1) is 13.2. The maximum absolute atomic E-state index is 12.9. The Balaban J connectivity index is 1.34. The molecule has 0 unspecified atom stereocenters. The van der Waals surface area contributed by atoms with Gasteiger partial charge in [-0.25, -0.2) is 14.2 Å². The molecule has 4 rings (SSSR count). The van der Waals surface area contributed by atoms with Crippen molar-refractivity contribution in [1.29, 1.82) is 0 Å². The number of ether oxygens (including phenoxy) is 1. The van der Waals surface area contributed by atoms with Crippen LogP contribution in [-0.4, -0.2) is 17.6 Å². The molecule has 6 heteroatoms. The highest BCUT2D eigenvalue weighted by Gasteiger charge is 2.23. The molecule has 136 valence electrons. The largest absolute Gasteiger partial charge is 0.439 e. The molecular formula is C21H18FN3O2. The van der Waals surface area contributed by atoms with Crippen LogP contribution in [0.3, 0.4) is 0 Å². The van der Waals surface area contributed by atoms with Gasteiger partial charge in [0.1, 0.15) is 11.6 Å². The van der Waals surface area contributed by atoms with Crippen LogP contribution in [0.15, 0.2) is 66.9 Å². The third-order valence-corrected chi connectivity index (χ3v) is 4.41. The number of anilines is 1. The molecule has 5 nitrogen and oxygen atoms in total. The van der Waals surface area contributed by atoms with Gasteiger partial charge in [-0.1, -0.05) is 24.3 Å². The lowest BCUT2D eigenvalue weighted by molar-refractivity contribution is 0.246. The summed E-state index contributed by atoms with van der Waals surface area (Å²) in [5.41, 5.74) is 3.02. The fourth-order valence-electron chi connectivity index (χ4n) is 3.02. The summed E-state index contributed by atoms with van der Waals surface area (Å²) in [4.78, 5) is 18.4. The van der Waals surface area contributed by atoms with E-state index in [2.05, 4.69) is 10.3 Å². The number of amides is 2. The van der Waals surface area contributed by atoms with Crippen LogP contribution in [0.25, 0.3) is 0 Å². The molecule has 0 radical (unpaired) electrons. The second-order valence-electron chi connectivity index (χ2n) is 6.25. The topological polar surface area (TPSA) is 54.5 Å². The summed E-state index contributed by atoms with van der Waals surface area (Å²) >= 11 is 0. The number of benzene rings is 2. The van der Waals surface area contributed by atoms with E-state index in [1.807, 2.05) is 30.3 Å². The number of urea groups is 1. The van der Waals surface area contributed by atoms with Crippen molar-refractivity contribution in [2.24, 2.45) is 0 Å². The number of fused-ring (bicyclic) bond motifs is 1. The Kier molecular flexibility index (Phi) is 4.70.